The van der Waals surface area contributed by atoms with Gasteiger partial charge in [0.1, 0.15) is 11.9 Å². The van der Waals surface area contributed by atoms with Gasteiger partial charge in [0.2, 0.25) is 0 Å². The smallest absolute Gasteiger partial charge is 0.147 e. The summed E-state index contributed by atoms with van der Waals surface area (Å²) in [6.45, 7) is 7.39. The number of thioether (sulfide) groups is 1. The third kappa shape index (κ3) is 2.25. The molecule has 1 aliphatic heterocycles. The summed E-state index contributed by atoms with van der Waals surface area (Å²) >= 11 is 1.99. The first kappa shape index (κ1) is 12.3. The van der Waals surface area contributed by atoms with Crippen LogP contribution in [0.25, 0.3) is 0 Å². The molecule has 4 heteroatoms. The highest BCUT2D eigenvalue weighted by atomic mass is 32.2. The lowest BCUT2D eigenvalue weighted by Crippen LogP contribution is -2.45. The van der Waals surface area contributed by atoms with Crippen molar-refractivity contribution in [2.24, 2.45) is 0 Å². The molecular weight excluding hydrogens is 230 g/mol. The van der Waals surface area contributed by atoms with E-state index < -0.39 is 0 Å². The van der Waals surface area contributed by atoms with Gasteiger partial charge in [-0.2, -0.15) is 17.0 Å². The SMILES string of the molecule is Cc1ccnc(N2CCSC(C)C2C)c1C#N. The monoisotopic (exact) mass is 247 g/mol. The summed E-state index contributed by atoms with van der Waals surface area (Å²) in [6.07, 6.45) is 1.80. The molecule has 17 heavy (non-hydrogen) atoms. The lowest BCUT2D eigenvalue weighted by molar-refractivity contribution is 0.619. The molecule has 2 heterocycles. The molecule has 0 radical (unpaired) electrons. The number of anilines is 1. The third-order valence-corrected chi connectivity index (χ3v) is 4.74. The van der Waals surface area contributed by atoms with Crippen LogP contribution in [0.5, 0.6) is 0 Å². The summed E-state index contributed by atoms with van der Waals surface area (Å²) in [5.41, 5.74) is 1.73. The zero-order chi connectivity index (χ0) is 12.4. The van der Waals surface area contributed by atoms with Crippen LogP contribution >= 0.6 is 11.8 Å². The average molecular weight is 247 g/mol. The maximum absolute atomic E-state index is 9.26. The summed E-state index contributed by atoms with van der Waals surface area (Å²) in [7, 11) is 0. The maximum atomic E-state index is 9.26. The standard InChI is InChI=1S/C13H17N3S/c1-9-4-5-15-13(12(9)8-14)16-6-7-17-11(3)10(16)2/h4-5,10-11H,6-7H2,1-3H3. The van der Waals surface area contributed by atoms with Crippen molar-refractivity contribution in [1.82, 2.24) is 4.98 Å². The van der Waals surface area contributed by atoms with Gasteiger partial charge < -0.3 is 4.90 Å². The van der Waals surface area contributed by atoms with Gasteiger partial charge in [-0.25, -0.2) is 4.98 Å². The van der Waals surface area contributed by atoms with Crippen molar-refractivity contribution in [2.45, 2.75) is 32.1 Å². The molecule has 0 aliphatic carbocycles. The van der Waals surface area contributed by atoms with E-state index in [1.807, 2.05) is 24.8 Å². The number of nitriles is 1. The maximum Gasteiger partial charge on any atom is 0.147 e. The van der Waals surface area contributed by atoms with E-state index >= 15 is 0 Å². The van der Waals surface area contributed by atoms with Crippen LogP contribution in [0.4, 0.5) is 5.82 Å². The second kappa shape index (κ2) is 4.97. The third-order valence-electron chi connectivity index (χ3n) is 3.41. The first-order valence-corrected chi connectivity index (χ1v) is 6.94. The van der Waals surface area contributed by atoms with Crippen molar-refractivity contribution < 1.29 is 0 Å². The van der Waals surface area contributed by atoms with E-state index in [0.717, 1.165) is 29.2 Å². The Kier molecular flexibility index (Phi) is 3.58. The molecule has 1 aromatic heterocycles. The van der Waals surface area contributed by atoms with Gasteiger partial charge in [0, 0.05) is 29.8 Å². The molecule has 0 N–H and O–H groups in total. The highest BCUT2D eigenvalue weighted by molar-refractivity contribution is 8.00. The Hall–Kier alpha value is -1.21. The number of rotatable bonds is 1. The van der Waals surface area contributed by atoms with Crippen LogP contribution in [0.1, 0.15) is 25.0 Å². The van der Waals surface area contributed by atoms with Crippen molar-refractivity contribution in [3.05, 3.63) is 23.4 Å². The van der Waals surface area contributed by atoms with Crippen LogP contribution < -0.4 is 4.90 Å². The number of aromatic nitrogens is 1. The Labute approximate surface area is 107 Å². The molecule has 2 rings (SSSR count). The number of hydrogen-bond donors (Lipinski definition) is 0. The second-order valence-corrected chi connectivity index (χ2v) is 5.93. The summed E-state index contributed by atoms with van der Waals surface area (Å²) in [6, 6.07) is 4.61. The van der Waals surface area contributed by atoms with Crippen LogP contribution in [0.2, 0.25) is 0 Å². The van der Waals surface area contributed by atoms with Gasteiger partial charge in [-0.05, 0) is 25.5 Å². The Morgan fingerprint density at radius 1 is 1.53 bits per heavy atom. The minimum atomic E-state index is 0.426. The highest BCUT2D eigenvalue weighted by Gasteiger charge is 2.28. The Morgan fingerprint density at radius 2 is 2.29 bits per heavy atom. The summed E-state index contributed by atoms with van der Waals surface area (Å²) < 4.78 is 0. The highest BCUT2D eigenvalue weighted by Crippen LogP contribution is 2.30. The van der Waals surface area contributed by atoms with E-state index in [4.69, 9.17) is 0 Å². The van der Waals surface area contributed by atoms with Gasteiger partial charge in [-0.15, -0.1) is 0 Å². The zero-order valence-corrected chi connectivity index (χ0v) is 11.3. The van der Waals surface area contributed by atoms with E-state index in [2.05, 4.69) is 29.8 Å². The van der Waals surface area contributed by atoms with Crippen LogP contribution in [0.3, 0.4) is 0 Å². The molecule has 0 saturated carbocycles. The number of nitrogens with zero attached hydrogens (tertiary/aromatic N) is 3. The van der Waals surface area contributed by atoms with Crippen LogP contribution in [0.15, 0.2) is 12.3 Å². The molecule has 0 amide bonds. The number of pyridine rings is 1. The van der Waals surface area contributed by atoms with Gasteiger partial charge in [0.15, 0.2) is 0 Å². The first-order chi connectivity index (χ1) is 8.15. The van der Waals surface area contributed by atoms with Crippen molar-refractivity contribution in [1.29, 1.82) is 5.26 Å². The molecule has 0 aromatic carbocycles. The van der Waals surface area contributed by atoms with Crippen LogP contribution in [-0.4, -0.2) is 28.6 Å². The van der Waals surface area contributed by atoms with E-state index in [1.165, 1.54) is 0 Å². The number of aryl methyl sites for hydroxylation is 1. The first-order valence-electron chi connectivity index (χ1n) is 5.89. The minimum Gasteiger partial charge on any atom is -0.351 e. The fourth-order valence-electron chi connectivity index (χ4n) is 2.13. The van der Waals surface area contributed by atoms with Gasteiger partial charge in [0.05, 0.1) is 5.56 Å². The molecule has 0 spiro atoms. The van der Waals surface area contributed by atoms with Crippen molar-refractivity contribution >= 4 is 17.6 Å². The molecule has 90 valence electrons. The normalized spacial score (nSPS) is 24.5. The van der Waals surface area contributed by atoms with Crippen LogP contribution in [0, 0.1) is 18.3 Å². The molecule has 1 fully saturated rings. The lowest BCUT2D eigenvalue weighted by atomic mass is 10.1. The Balaban J connectivity index is 2.40. The van der Waals surface area contributed by atoms with Crippen molar-refractivity contribution in [2.75, 3.05) is 17.2 Å². The topological polar surface area (TPSA) is 39.9 Å². The van der Waals surface area contributed by atoms with Gasteiger partial charge in [0.25, 0.3) is 0 Å². The molecule has 3 nitrogen and oxygen atoms in total. The fraction of sp³-hybridized carbons (Fsp3) is 0.538. The van der Waals surface area contributed by atoms with Gasteiger partial charge in [-0.3, -0.25) is 0 Å². The van der Waals surface area contributed by atoms with Crippen LogP contribution in [-0.2, 0) is 0 Å². The predicted molar refractivity (Wildman–Crippen MR) is 72.4 cm³/mol. The van der Waals surface area contributed by atoms with Crippen molar-refractivity contribution in [3.63, 3.8) is 0 Å². The van der Waals surface area contributed by atoms with E-state index in [-0.39, 0.29) is 0 Å². The molecule has 1 aromatic rings. The molecular formula is C13H17N3S. The van der Waals surface area contributed by atoms with E-state index in [0.29, 0.717) is 11.3 Å². The summed E-state index contributed by atoms with van der Waals surface area (Å²) in [5, 5.41) is 9.84. The Bertz CT molecular complexity index is 452. The fourth-order valence-corrected chi connectivity index (χ4v) is 3.23. The van der Waals surface area contributed by atoms with E-state index in [1.54, 1.807) is 6.20 Å². The molecule has 0 bridgehead atoms. The quantitative estimate of drug-likeness (QED) is 0.764. The largest absolute Gasteiger partial charge is 0.351 e. The second-order valence-electron chi connectivity index (χ2n) is 4.45. The number of hydrogen-bond acceptors (Lipinski definition) is 4. The average Bonchev–Trinajstić information content (AvgIpc) is 2.32. The Morgan fingerprint density at radius 3 is 3.00 bits per heavy atom. The lowest BCUT2D eigenvalue weighted by Gasteiger charge is -2.38. The summed E-state index contributed by atoms with van der Waals surface area (Å²) in [4.78, 5) is 6.68. The molecule has 1 aliphatic rings. The van der Waals surface area contributed by atoms with Gasteiger partial charge >= 0.3 is 0 Å². The molecule has 2 atom stereocenters. The predicted octanol–water partition coefficient (Wildman–Crippen LogP) is 2.59. The minimum absolute atomic E-state index is 0.426. The van der Waals surface area contributed by atoms with E-state index in [9.17, 15) is 5.26 Å². The molecule has 2 unspecified atom stereocenters. The zero-order valence-electron chi connectivity index (χ0n) is 10.5. The molecule has 1 saturated heterocycles. The summed E-state index contributed by atoms with van der Waals surface area (Å²) in [5.74, 6) is 1.96. The van der Waals surface area contributed by atoms with Crippen molar-refractivity contribution in [3.8, 4) is 6.07 Å². The van der Waals surface area contributed by atoms with Gasteiger partial charge in [-0.1, -0.05) is 6.92 Å².